The lowest BCUT2D eigenvalue weighted by Crippen LogP contribution is -2.45. The Kier molecular flexibility index (Phi) is 8.90. The molecule has 2 unspecified atom stereocenters. The van der Waals surface area contributed by atoms with Crippen molar-refractivity contribution in [3.8, 4) is 11.1 Å². The maximum Gasteiger partial charge on any atom is 0.251 e. The molecule has 2 atom stereocenters. The van der Waals surface area contributed by atoms with Crippen LogP contribution in [-0.2, 0) is 20.7 Å². The molecule has 31 heavy (non-hydrogen) atoms. The van der Waals surface area contributed by atoms with Crippen molar-refractivity contribution in [3.05, 3.63) is 58.6 Å². The molecule has 1 saturated heterocycles. The molecule has 6 heteroatoms. The highest BCUT2D eigenvalue weighted by molar-refractivity contribution is 6.33. The lowest BCUT2D eigenvalue weighted by molar-refractivity contribution is -0.144. The number of methoxy groups -OCH3 is 1. The van der Waals surface area contributed by atoms with Crippen LogP contribution in [0.3, 0.4) is 0 Å². The van der Waals surface area contributed by atoms with Gasteiger partial charge in [0.05, 0.1) is 19.3 Å². The van der Waals surface area contributed by atoms with E-state index in [0.717, 1.165) is 23.1 Å². The van der Waals surface area contributed by atoms with Crippen LogP contribution in [0.15, 0.2) is 42.5 Å². The van der Waals surface area contributed by atoms with Gasteiger partial charge in [0.25, 0.3) is 5.91 Å². The van der Waals surface area contributed by atoms with E-state index in [2.05, 4.69) is 31.2 Å². The first-order valence-corrected chi connectivity index (χ1v) is 11.4. The van der Waals surface area contributed by atoms with Gasteiger partial charge in [0.1, 0.15) is 6.10 Å². The van der Waals surface area contributed by atoms with E-state index in [1.165, 1.54) is 5.56 Å². The van der Waals surface area contributed by atoms with E-state index >= 15 is 0 Å². The number of amides is 1. The van der Waals surface area contributed by atoms with Gasteiger partial charge in [-0.3, -0.25) is 4.79 Å². The van der Waals surface area contributed by atoms with Crippen LogP contribution < -0.4 is 0 Å². The Morgan fingerprint density at radius 1 is 1.19 bits per heavy atom. The minimum atomic E-state index is -0.990. The molecule has 168 valence electrons. The quantitative estimate of drug-likeness (QED) is 0.610. The molecule has 1 aliphatic heterocycles. The van der Waals surface area contributed by atoms with Gasteiger partial charge in [-0.15, -0.1) is 0 Å². The number of hydrogen-bond donors (Lipinski definition) is 1. The molecule has 1 fully saturated rings. The van der Waals surface area contributed by atoms with Gasteiger partial charge in [0.15, 0.2) is 0 Å². The Balaban J connectivity index is 1.69. The van der Waals surface area contributed by atoms with Crippen LogP contribution in [0.25, 0.3) is 11.1 Å². The summed E-state index contributed by atoms with van der Waals surface area (Å²) >= 11 is 6.62. The number of ether oxygens (including phenoxy) is 2. The van der Waals surface area contributed by atoms with Gasteiger partial charge in [0, 0.05) is 30.8 Å². The standard InChI is InChI=1S/C25H32ClNO4/c1-3-18-7-4-8-19(17-18)24-20(9-5-10-21(24)26)23(30-2)12-6-11-22(28)25(29)27-13-15-31-16-14-27/h4-5,7-10,17,22-23,28H,3,6,11-16H2,1-2H3. The Morgan fingerprint density at radius 2 is 1.94 bits per heavy atom. The SMILES string of the molecule is CCc1cccc(-c2c(Cl)cccc2C(CCCC(O)C(=O)N2CCOCC2)OC)c1. The van der Waals surface area contributed by atoms with Crippen molar-refractivity contribution < 1.29 is 19.4 Å². The highest BCUT2D eigenvalue weighted by Gasteiger charge is 2.25. The zero-order valence-electron chi connectivity index (χ0n) is 18.4. The second kappa shape index (κ2) is 11.6. The molecule has 0 aromatic heterocycles. The fraction of sp³-hybridized carbons (Fsp3) is 0.480. The number of benzene rings is 2. The van der Waals surface area contributed by atoms with Crippen molar-refractivity contribution >= 4 is 17.5 Å². The Bertz CT molecular complexity index is 866. The fourth-order valence-electron chi connectivity index (χ4n) is 4.08. The number of morpholine rings is 1. The summed E-state index contributed by atoms with van der Waals surface area (Å²) in [5.41, 5.74) is 4.33. The smallest absolute Gasteiger partial charge is 0.251 e. The van der Waals surface area contributed by atoms with Crippen molar-refractivity contribution in [2.24, 2.45) is 0 Å². The maximum atomic E-state index is 12.4. The zero-order chi connectivity index (χ0) is 22.2. The summed E-state index contributed by atoms with van der Waals surface area (Å²) in [6.45, 7) is 4.27. The van der Waals surface area contributed by atoms with Crippen LogP contribution in [0.1, 0.15) is 43.4 Å². The average molecular weight is 446 g/mol. The third-order valence-electron chi connectivity index (χ3n) is 5.85. The maximum absolute atomic E-state index is 12.4. The molecule has 1 amide bonds. The molecular formula is C25H32ClNO4. The number of carbonyl (C=O) groups is 1. The van der Waals surface area contributed by atoms with Gasteiger partial charge in [-0.25, -0.2) is 0 Å². The summed E-state index contributed by atoms with van der Waals surface area (Å²) in [5.74, 6) is -0.211. The second-order valence-corrected chi connectivity index (χ2v) is 8.27. The highest BCUT2D eigenvalue weighted by atomic mass is 35.5. The number of carbonyl (C=O) groups excluding carboxylic acids is 1. The van der Waals surface area contributed by atoms with E-state index in [1.807, 2.05) is 18.2 Å². The van der Waals surface area contributed by atoms with Crippen molar-refractivity contribution in [3.63, 3.8) is 0 Å². The summed E-state index contributed by atoms with van der Waals surface area (Å²) in [5, 5.41) is 11.1. The first kappa shape index (κ1) is 23.7. The highest BCUT2D eigenvalue weighted by Crippen LogP contribution is 2.38. The van der Waals surface area contributed by atoms with E-state index in [0.29, 0.717) is 50.6 Å². The predicted octanol–water partition coefficient (Wildman–Crippen LogP) is 4.65. The largest absolute Gasteiger partial charge is 0.383 e. The summed E-state index contributed by atoms with van der Waals surface area (Å²) in [6.07, 6.45) is 1.54. The number of aliphatic hydroxyl groups excluding tert-OH is 1. The number of nitrogens with zero attached hydrogens (tertiary/aromatic N) is 1. The number of hydrogen-bond acceptors (Lipinski definition) is 4. The van der Waals surface area contributed by atoms with E-state index in [9.17, 15) is 9.90 Å². The third kappa shape index (κ3) is 6.07. The van der Waals surface area contributed by atoms with Crippen LogP contribution in [0.4, 0.5) is 0 Å². The van der Waals surface area contributed by atoms with Crippen LogP contribution in [-0.4, -0.2) is 55.4 Å². The van der Waals surface area contributed by atoms with Gasteiger partial charge in [-0.1, -0.05) is 54.9 Å². The van der Waals surface area contributed by atoms with Crippen LogP contribution in [0.2, 0.25) is 5.02 Å². The van der Waals surface area contributed by atoms with Crippen molar-refractivity contribution in [2.75, 3.05) is 33.4 Å². The molecule has 0 saturated carbocycles. The second-order valence-electron chi connectivity index (χ2n) is 7.87. The number of aliphatic hydroxyl groups is 1. The molecule has 3 rings (SSSR count). The van der Waals surface area contributed by atoms with Gasteiger partial charge in [-0.05, 0) is 48.4 Å². The van der Waals surface area contributed by atoms with E-state index < -0.39 is 6.10 Å². The Hall–Kier alpha value is -1.92. The van der Waals surface area contributed by atoms with Gasteiger partial charge < -0.3 is 19.5 Å². The molecule has 0 bridgehead atoms. The molecule has 5 nitrogen and oxygen atoms in total. The lowest BCUT2D eigenvalue weighted by Gasteiger charge is -2.29. The normalized spacial score (nSPS) is 16.2. The van der Waals surface area contributed by atoms with Crippen molar-refractivity contribution in [1.29, 1.82) is 0 Å². The number of halogens is 1. The molecule has 2 aromatic carbocycles. The molecule has 1 heterocycles. The first-order chi connectivity index (χ1) is 15.0. The van der Waals surface area contributed by atoms with Gasteiger partial charge >= 0.3 is 0 Å². The van der Waals surface area contributed by atoms with Crippen molar-refractivity contribution in [2.45, 2.75) is 44.8 Å². The first-order valence-electron chi connectivity index (χ1n) is 11.0. The number of rotatable bonds is 9. The summed E-state index contributed by atoms with van der Waals surface area (Å²) < 4.78 is 11.1. The minimum absolute atomic E-state index is 0.176. The molecule has 0 spiro atoms. The topological polar surface area (TPSA) is 59.0 Å². The molecular weight excluding hydrogens is 414 g/mol. The molecule has 1 N–H and O–H groups in total. The van der Waals surface area contributed by atoms with E-state index in [-0.39, 0.29) is 12.0 Å². The molecule has 1 aliphatic rings. The Labute approximate surface area is 189 Å². The molecule has 0 radical (unpaired) electrons. The monoisotopic (exact) mass is 445 g/mol. The third-order valence-corrected chi connectivity index (χ3v) is 6.17. The predicted molar refractivity (Wildman–Crippen MR) is 123 cm³/mol. The van der Waals surface area contributed by atoms with Gasteiger partial charge in [0.2, 0.25) is 0 Å². The van der Waals surface area contributed by atoms with Crippen LogP contribution >= 0.6 is 11.6 Å². The summed E-state index contributed by atoms with van der Waals surface area (Å²) in [6, 6.07) is 14.3. The van der Waals surface area contributed by atoms with Crippen LogP contribution in [0.5, 0.6) is 0 Å². The van der Waals surface area contributed by atoms with E-state index in [1.54, 1.807) is 12.0 Å². The van der Waals surface area contributed by atoms with Crippen molar-refractivity contribution in [1.82, 2.24) is 4.90 Å². The molecule has 2 aromatic rings. The van der Waals surface area contributed by atoms with Crippen LogP contribution in [0, 0.1) is 0 Å². The summed E-state index contributed by atoms with van der Waals surface area (Å²) in [4.78, 5) is 14.1. The van der Waals surface area contributed by atoms with Gasteiger partial charge in [-0.2, -0.15) is 0 Å². The summed E-state index contributed by atoms with van der Waals surface area (Å²) in [7, 11) is 1.69. The van der Waals surface area contributed by atoms with E-state index in [4.69, 9.17) is 21.1 Å². The minimum Gasteiger partial charge on any atom is -0.383 e. The fourth-order valence-corrected chi connectivity index (χ4v) is 4.37. The Morgan fingerprint density at radius 3 is 2.65 bits per heavy atom. The zero-order valence-corrected chi connectivity index (χ0v) is 19.1. The average Bonchev–Trinajstić information content (AvgIpc) is 2.81. The molecule has 0 aliphatic carbocycles. The lowest BCUT2D eigenvalue weighted by atomic mass is 9.92. The number of aryl methyl sites for hydroxylation is 1.